The molecule has 1 saturated heterocycles. The maximum absolute atomic E-state index is 4.69. The highest BCUT2D eigenvalue weighted by molar-refractivity contribution is 5.49. The highest BCUT2D eigenvalue weighted by Crippen LogP contribution is 2.22. The molecule has 0 saturated carbocycles. The van der Waals surface area contributed by atoms with E-state index in [1.807, 2.05) is 6.20 Å². The Morgan fingerprint density at radius 2 is 1.52 bits per heavy atom. The van der Waals surface area contributed by atoms with Gasteiger partial charge in [0.25, 0.3) is 0 Å². The molecule has 23 heavy (non-hydrogen) atoms. The summed E-state index contributed by atoms with van der Waals surface area (Å²) in [7, 11) is 0. The second-order valence-electron chi connectivity index (χ2n) is 7.57. The highest BCUT2D eigenvalue weighted by atomic mass is 15.3. The lowest BCUT2D eigenvalue weighted by Crippen LogP contribution is -2.46. The van der Waals surface area contributed by atoms with Gasteiger partial charge in [0, 0.05) is 38.1 Å². The third-order valence-electron chi connectivity index (χ3n) is 4.27. The van der Waals surface area contributed by atoms with E-state index in [0.29, 0.717) is 5.41 Å². The second kappa shape index (κ2) is 6.61. The largest absolute Gasteiger partial charge is 0.368 e. The molecule has 3 heteroatoms. The maximum atomic E-state index is 4.69. The first-order valence-corrected chi connectivity index (χ1v) is 8.51. The number of hydrogen-bond donors (Lipinski definition) is 0. The molecular formula is C20H27N3. The van der Waals surface area contributed by atoms with Gasteiger partial charge in [-0.25, -0.2) is 4.98 Å². The molecule has 3 nitrogen and oxygen atoms in total. The number of pyridine rings is 1. The van der Waals surface area contributed by atoms with Crippen molar-refractivity contribution >= 4 is 11.5 Å². The van der Waals surface area contributed by atoms with Gasteiger partial charge < -0.3 is 9.80 Å². The van der Waals surface area contributed by atoms with Crippen LogP contribution in [0, 0.1) is 5.41 Å². The molecular weight excluding hydrogens is 282 g/mol. The molecule has 1 fully saturated rings. The van der Waals surface area contributed by atoms with Crippen molar-refractivity contribution in [3.8, 4) is 0 Å². The average molecular weight is 309 g/mol. The summed E-state index contributed by atoms with van der Waals surface area (Å²) in [5.41, 5.74) is 2.95. The molecule has 1 aromatic carbocycles. The van der Waals surface area contributed by atoms with Crippen molar-refractivity contribution < 1.29 is 0 Å². The first kappa shape index (κ1) is 15.9. The quantitative estimate of drug-likeness (QED) is 0.854. The van der Waals surface area contributed by atoms with Crippen molar-refractivity contribution in [2.75, 3.05) is 36.0 Å². The van der Waals surface area contributed by atoms with Crippen molar-refractivity contribution in [3.63, 3.8) is 0 Å². The van der Waals surface area contributed by atoms with Crippen LogP contribution in [0.4, 0.5) is 11.5 Å². The summed E-state index contributed by atoms with van der Waals surface area (Å²) in [5.74, 6) is 1.11. The van der Waals surface area contributed by atoms with Gasteiger partial charge in [0.05, 0.1) is 0 Å². The monoisotopic (exact) mass is 309 g/mol. The van der Waals surface area contributed by atoms with E-state index in [1.54, 1.807) is 0 Å². The number of para-hydroxylation sites is 1. The first-order chi connectivity index (χ1) is 11.0. The average Bonchev–Trinajstić information content (AvgIpc) is 2.55. The minimum Gasteiger partial charge on any atom is -0.368 e. The molecule has 3 rings (SSSR count). The molecule has 0 amide bonds. The van der Waals surface area contributed by atoms with Crippen LogP contribution >= 0.6 is 0 Å². The van der Waals surface area contributed by atoms with Gasteiger partial charge in [-0.1, -0.05) is 45.0 Å². The minimum atomic E-state index is 0.310. The molecule has 0 bridgehead atoms. The lowest BCUT2D eigenvalue weighted by molar-refractivity contribution is 0.410. The van der Waals surface area contributed by atoms with Crippen LogP contribution in [-0.2, 0) is 6.42 Å². The van der Waals surface area contributed by atoms with E-state index in [4.69, 9.17) is 4.98 Å². The van der Waals surface area contributed by atoms with E-state index in [2.05, 4.69) is 73.0 Å². The standard InChI is InChI=1S/C20H27N3/c1-20(2,3)15-17-9-10-19(21-16-17)23-13-11-22(12-14-23)18-7-5-4-6-8-18/h4-10,16H,11-15H2,1-3H3. The highest BCUT2D eigenvalue weighted by Gasteiger charge is 2.18. The molecule has 0 atom stereocenters. The van der Waals surface area contributed by atoms with Gasteiger partial charge in [-0.05, 0) is 35.6 Å². The van der Waals surface area contributed by atoms with Crippen LogP contribution in [0.15, 0.2) is 48.7 Å². The Morgan fingerprint density at radius 3 is 2.09 bits per heavy atom. The molecule has 2 aromatic rings. The van der Waals surface area contributed by atoms with E-state index < -0.39 is 0 Å². The molecule has 2 heterocycles. The van der Waals surface area contributed by atoms with E-state index in [1.165, 1.54) is 11.3 Å². The second-order valence-corrected chi connectivity index (χ2v) is 7.57. The topological polar surface area (TPSA) is 19.4 Å². The lowest BCUT2D eigenvalue weighted by atomic mass is 9.89. The number of aromatic nitrogens is 1. The van der Waals surface area contributed by atoms with E-state index in [0.717, 1.165) is 38.4 Å². The Balaban J connectivity index is 1.59. The number of anilines is 2. The third-order valence-corrected chi connectivity index (χ3v) is 4.27. The van der Waals surface area contributed by atoms with E-state index >= 15 is 0 Å². The summed E-state index contributed by atoms with van der Waals surface area (Å²) in [6.07, 6.45) is 3.12. The van der Waals surface area contributed by atoms with E-state index in [-0.39, 0.29) is 0 Å². The van der Waals surface area contributed by atoms with Crippen LogP contribution in [-0.4, -0.2) is 31.2 Å². The van der Waals surface area contributed by atoms with Crippen LogP contribution in [0.5, 0.6) is 0 Å². The van der Waals surface area contributed by atoms with Gasteiger partial charge in [-0.2, -0.15) is 0 Å². The Hall–Kier alpha value is -2.03. The SMILES string of the molecule is CC(C)(C)Cc1ccc(N2CCN(c3ccccc3)CC2)nc1. The molecule has 1 aliphatic rings. The van der Waals surface area contributed by atoms with Crippen molar-refractivity contribution in [2.24, 2.45) is 5.41 Å². The van der Waals surface area contributed by atoms with Gasteiger partial charge in [-0.3, -0.25) is 0 Å². The molecule has 0 spiro atoms. The normalized spacial score (nSPS) is 15.8. The first-order valence-electron chi connectivity index (χ1n) is 8.51. The van der Waals surface area contributed by atoms with Gasteiger partial charge in [-0.15, -0.1) is 0 Å². The van der Waals surface area contributed by atoms with Crippen molar-refractivity contribution in [1.29, 1.82) is 0 Å². The number of rotatable bonds is 3. The Labute approximate surface area is 140 Å². The van der Waals surface area contributed by atoms with Crippen molar-refractivity contribution in [2.45, 2.75) is 27.2 Å². The maximum Gasteiger partial charge on any atom is 0.128 e. The Bertz CT molecular complexity index is 606. The van der Waals surface area contributed by atoms with Crippen LogP contribution < -0.4 is 9.80 Å². The summed E-state index contributed by atoms with van der Waals surface area (Å²) in [5, 5.41) is 0. The van der Waals surface area contributed by atoms with Crippen LogP contribution in [0.2, 0.25) is 0 Å². The molecule has 0 unspecified atom stereocenters. The predicted molar refractivity (Wildman–Crippen MR) is 98.3 cm³/mol. The fourth-order valence-corrected chi connectivity index (χ4v) is 3.15. The van der Waals surface area contributed by atoms with Gasteiger partial charge in [0.2, 0.25) is 0 Å². The Kier molecular flexibility index (Phi) is 4.56. The van der Waals surface area contributed by atoms with E-state index in [9.17, 15) is 0 Å². The predicted octanol–water partition coefficient (Wildman–Crippen LogP) is 4.00. The van der Waals surface area contributed by atoms with Crippen LogP contribution in [0.1, 0.15) is 26.3 Å². The summed E-state index contributed by atoms with van der Waals surface area (Å²) in [6, 6.07) is 15.1. The van der Waals surface area contributed by atoms with Gasteiger partial charge in [0.1, 0.15) is 5.82 Å². The summed E-state index contributed by atoms with van der Waals surface area (Å²) >= 11 is 0. The van der Waals surface area contributed by atoms with Crippen molar-refractivity contribution in [3.05, 3.63) is 54.2 Å². The smallest absolute Gasteiger partial charge is 0.128 e. The summed E-state index contributed by atoms with van der Waals surface area (Å²) in [4.78, 5) is 9.53. The zero-order valence-corrected chi connectivity index (χ0v) is 14.5. The lowest BCUT2D eigenvalue weighted by Gasteiger charge is -2.36. The molecule has 0 N–H and O–H groups in total. The number of nitrogens with zero attached hydrogens (tertiary/aromatic N) is 3. The Morgan fingerprint density at radius 1 is 0.870 bits per heavy atom. The summed E-state index contributed by atoms with van der Waals surface area (Å²) < 4.78 is 0. The van der Waals surface area contributed by atoms with Crippen LogP contribution in [0.25, 0.3) is 0 Å². The fourth-order valence-electron chi connectivity index (χ4n) is 3.15. The fraction of sp³-hybridized carbons (Fsp3) is 0.450. The van der Waals surface area contributed by atoms with Gasteiger partial charge >= 0.3 is 0 Å². The zero-order chi connectivity index (χ0) is 16.3. The minimum absolute atomic E-state index is 0.310. The van der Waals surface area contributed by atoms with Gasteiger partial charge in [0.15, 0.2) is 0 Å². The molecule has 0 radical (unpaired) electrons. The third kappa shape index (κ3) is 4.25. The molecule has 1 aromatic heterocycles. The molecule has 122 valence electrons. The number of hydrogen-bond acceptors (Lipinski definition) is 3. The van der Waals surface area contributed by atoms with Crippen LogP contribution in [0.3, 0.4) is 0 Å². The number of piperazine rings is 1. The zero-order valence-electron chi connectivity index (χ0n) is 14.5. The molecule has 0 aliphatic carbocycles. The molecule has 1 aliphatic heterocycles. The summed E-state index contributed by atoms with van der Waals surface area (Å²) in [6.45, 7) is 11.0. The number of benzene rings is 1. The van der Waals surface area contributed by atoms with Crippen molar-refractivity contribution in [1.82, 2.24) is 4.98 Å².